The topological polar surface area (TPSA) is 525 Å². The van der Waals surface area contributed by atoms with E-state index >= 15 is 0 Å². The van der Waals surface area contributed by atoms with E-state index in [-0.39, 0.29) is 50.7 Å². The summed E-state index contributed by atoms with van der Waals surface area (Å²) in [5.74, 6) is -6.89. The Bertz CT molecular complexity index is 1810. The molecule has 14 atom stereocenters. The first-order valence-corrected chi connectivity index (χ1v) is 23.5. The number of nitrogens with zero attached hydrogens (tertiary/aromatic N) is 4. The van der Waals surface area contributed by atoms with E-state index in [0.29, 0.717) is 0 Å². The van der Waals surface area contributed by atoms with Crippen LogP contribution in [-0.2, 0) is 41.9 Å². The third-order valence-corrected chi connectivity index (χ3v) is 12.3. The summed E-state index contributed by atoms with van der Waals surface area (Å²) < 4.78 is 0. The zero-order valence-corrected chi connectivity index (χ0v) is 40.2. The number of carboxylic acid groups (broad SMARTS) is 3. The molecule has 31 heteroatoms. The molecule has 14 unspecified atom stereocenters. The minimum Gasteiger partial charge on any atom is -0.480 e. The van der Waals surface area contributed by atoms with Crippen LogP contribution < -0.4 is 16.0 Å². The number of aliphatic hydroxyl groups is 15. The van der Waals surface area contributed by atoms with Crippen LogP contribution in [0.3, 0.4) is 0 Å². The van der Waals surface area contributed by atoms with E-state index in [0.717, 1.165) is 0 Å². The Balaban J connectivity index is 2.48. The Morgan fingerprint density at radius 3 is 1.03 bits per heavy atom. The Morgan fingerprint density at radius 1 is 0.446 bits per heavy atom. The number of pyridine rings is 1. The number of hydrogen-bond acceptors (Lipinski definition) is 25. The molecule has 424 valence electrons. The lowest BCUT2D eigenvalue weighted by molar-refractivity contribution is -0.176. The highest BCUT2D eigenvalue weighted by Gasteiger charge is 2.36. The zero-order chi connectivity index (χ0) is 56.0. The minimum absolute atomic E-state index is 0.231. The second-order valence-electron chi connectivity index (χ2n) is 17.7. The maximum atomic E-state index is 13.0. The number of carbonyl (C=O) groups excluding carboxylic acids is 3. The van der Waals surface area contributed by atoms with Crippen molar-refractivity contribution in [3.8, 4) is 0 Å². The monoisotopic (exact) mass is 1070 g/mol. The number of nitrogens with one attached hydrogen (secondary N) is 3. The number of aliphatic carboxylic acids is 3. The lowest BCUT2D eigenvalue weighted by Crippen LogP contribution is -2.52. The van der Waals surface area contributed by atoms with Gasteiger partial charge in [-0.25, -0.2) is 0 Å². The first-order chi connectivity index (χ1) is 34.7. The summed E-state index contributed by atoms with van der Waals surface area (Å²) in [5, 5.41) is 184. The van der Waals surface area contributed by atoms with Crippen LogP contribution in [0.25, 0.3) is 0 Å². The highest BCUT2D eigenvalue weighted by atomic mass is 16.5. The molecule has 0 radical (unpaired) electrons. The normalized spacial score (nSPS) is 20.1. The van der Waals surface area contributed by atoms with Crippen molar-refractivity contribution in [3.63, 3.8) is 0 Å². The van der Waals surface area contributed by atoms with Gasteiger partial charge in [0, 0.05) is 78.2 Å². The van der Waals surface area contributed by atoms with Gasteiger partial charge in [0.1, 0.15) is 67.0 Å². The van der Waals surface area contributed by atoms with Gasteiger partial charge in [-0.3, -0.25) is 48.5 Å². The Morgan fingerprint density at radius 2 is 0.730 bits per heavy atom. The highest BCUT2D eigenvalue weighted by molar-refractivity contribution is 5.80. The Hall–Kier alpha value is -4.75. The van der Waals surface area contributed by atoms with Crippen molar-refractivity contribution in [1.82, 2.24) is 35.6 Å². The largest absolute Gasteiger partial charge is 0.480 e. The molecular weight excluding hydrogens is 998 g/mol. The molecule has 0 saturated heterocycles. The molecule has 2 heterocycles. The fourth-order valence-electron chi connectivity index (χ4n) is 7.75. The molecule has 3 amide bonds. The second kappa shape index (κ2) is 32.6. The zero-order valence-electron chi connectivity index (χ0n) is 40.2. The summed E-state index contributed by atoms with van der Waals surface area (Å²) in [5.41, 5.74) is 0.462. The fraction of sp³-hybridized carbons (Fsp3) is 0.744. The number of aliphatic hydroxyl groups excluding tert-OH is 14. The summed E-state index contributed by atoms with van der Waals surface area (Å²) in [7, 11) is 0. The molecular formula is C43H73N7O24. The van der Waals surface area contributed by atoms with Crippen LogP contribution in [0, 0.1) is 0 Å². The maximum Gasteiger partial charge on any atom is 0.320 e. The molecule has 0 aliphatic carbocycles. The first kappa shape index (κ1) is 65.4. The lowest BCUT2D eigenvalue weighted by atomic mass is 10.0. The number of carbonyl (C=O) groups is 6. The number of carboxylic acids is 3. The number of hydrogen-bond donors (Lipinski definition) is 21. The quantitative estimate of drug-likeness (QED) is 0.0298. The molecule has 21 N–H and O–H groups in total. The van der Waals surface area contributed by atoms with Gasteiger partial charge in [0.25, 0.3) is 0 Å². The van der Waals surface area contributed by atoms with Crippen molar-refractivity contribution in [1.29, 1.82) is 0 Å². The van der Waals surface area contributed by atoms with Gasteiger partial charge in [-0.1, -0.05) is 6.07 Å². The predicted octanol–water partition coefficient (Wildman–Crippen LogP) is -10.7. The number of aromatic nitrogens is 1. The highest BCUT2D eigenvalue weighted by Crippen LogP contribution is 2.20. The molecule has 1 aromatic rings. The average Bonchev–Trinajstić information content (AvgIpc) is 3.36. The standard InChI is InChI=1S/C43H73N7O24/c51-19-29(56)37(64)34(61)26(53)14-44-32(59)8-5-24(41(69)70)49-12-10-48(23(40(67)68)4-7-31(58)46-16-28(55)36(63)39(66)43(73)74)11-13-50(18-22-3-1-2-21(17-49)47-22)25(42(71)72)6-9-33(60)45-15-27(54)35(62)38(65)30(57)20-52/h1-3,23-30,34-39,43,51-57,61-66,73-74H,4-20H2,(H,44,59)(H,45,60)(H,46,58)(H,67,68)(H,69,70)(H,71,72). The second-order valence-corrected chi connectivity index (χ2v) is 17.7. The van der Waals surface area contributed by atoms with Crippen LogP contribution in [0.1, 0.15) is 49.9 Å². The SMILES string of the molecule is O=C(CCC(C(=O)O)N1CCN(C(CCC(=O)NCC(O)C(O)C(O)C(O)CO)C(=O)O)Cc2cccc(n2)CN(C(CCC(=O)NCC(O)C(O)C(O)C(O)CO)C(=O)O)CC1)NCC(O)C(O)C(O)C(O)O. The smallest absolute Gasteiger partial charge is 0.320 e. The van der Waals surface area contributed by atoms with E-state index in [1.54, 1.807) is 6.07 Å². The molecule has 1 aliphatic rings. The van der Waals surface area contributed by atoms with Crippen molar-refractivity contribution in [3.05, 3.63) is 29.6 Å². The number of amides is 3. The molecule has 1 aliphatic heterocycles. The van der Waals surface area contributed by atoms with Crippen molar-refractivity contribution < 1.29 is 121 Å². The van der Waals surface area contributed by atoms with Crippen LogP contribution in [0.15, 0.2) is 18.2 Å². The summed E-state index contributed by atoms with van der Waals surface area (Å²) in [4.78, 5) is 86.2. The third-order valence-electron chi connectivity index (χ3n) is 12.3. The van der Waals surface area contributed by atoms with E-state index in [4.69, 9.17) is 20.4 Å². The number of fused-ring (bicyclic) bond motifs is 2. The molecule has 74 heavy (non-hydrogen) atoms. The van der Waals surface area contributed by atoms with Gasteiger partial charge in [0.2, 0.25) is 17.7 Å². The summed E-state index contributed by atoms with van der Waals surface area (Å²) in [6, 6.07) is 0.0182. The van der Waals surface area contributed by atoms with Crippen LogP contribution in [-0.4, -0.2) is 298 Å². The molecule has 0 aromatic carbocycles. The first-order valence-electron chi connectivity index (χ1n) is 23.5. The van der Waals surface area contributed by atoms with Crippen molar-refractivity contribution >= 4 is 35.6 Å². The summed E-state index contributed by atoms with van der Waals surface area (Å²) in [6.45, 7) is -5.65. The van der Waals surface area contributed by atoms with Gasteiger partial charge in [0.05, 0.1) is 42.9 Å². The molecule has 0 saturated carbocycles. The third kappa shape index (κ3) is 21.5. The van der Waals surface area contributed by atoms with E-state index < -0.39 is 199 Å². The van der Waals surface area contributed by atoms with Crippen LogP contribution in [0.4, 0.5) is 0 Å². The van der Waals surface area contributed by atoms with Crippen LogP contribution in [0.5, 0.6) is 0 Å². The molecule has 0 fully saturated rings. The Kier molecular flexibility index (Phi) is 28.8. The minimum atomic E-state index is -2.44. The lowest BCUT2D eigenvalue weighted by Gasteiger charge is -2.37. The van der Waals surface area contributed by atoms with Crippen LogP contribution in [0.2, 0.25) is 0 Å². The molecule has 2 bridgehead atoms. The average molecular weight is 1070 g/mol. The van der Waals surface area contributed by atoms with Gasteiger partial charge in [-0.15, -0.1) is 0 Å². The van der Waals surface area contributed by atoms with Gasteiger partial charge in [0.15, 0.2) is 6.29 Å². The molecule has 1 aromatic heterocycles. The summed E-state index contributed by atoms with van der Waals surface area (Å²) >= 11 is 0. The van der Waals surface area contributed by atoms with Crippen LogP contribution >= 0.6 is 0 Å². The van der Waals surface area contributed by atoms with Crippen molar-refractivity contribution in [2.45, 2.75) is 143 Å². The van der Waals surface area contributed by atoms with E-state index in [2.05, 4.69) is 20.9 Å². The van der Waals surface area contributed by atoms with Crippen molar-refractivity contribution in [2.75, 3.05) is 59.0 Å². The van der Waals surface area contributed by atoms with E-state index in [1.807, 2.05) is 0 Å². The molecule has 31 nitrogen and oxygen atoms in total. The fourth-order valence-corrected chi connectivity index (χ4v) is 7.75. The van der Waals surface area contributed by atoms with Crippen molar-refractivity contribution in [2.24, 2.45) is 0 Å². The predicted molar refractivity (Wildman–Crippen MR) is 246 cm³/mol. The van der Waals surface area contributed by atoms with E-state index in [9.17, 15) is 100 Å². The molecule has 0 spiro atoms. The van der Waals surface area contributed by atoms with E-state index in [1.165, 1.54) is 26.8 Å². The molecule has 2 rings (SSSR count). The number of rotatable bonds is 32. The van der Waals surface area contributed by atoms with Gasteiger partial charge in [-0.05, 0) is 31.4 Å². The Labute approximate surface area is 423 Å². The maximum absolute atomic E-state index is 13.0. The van der Waals surface area contributed by atoms with Gasteiger partial charge >= 0.3 is 17.9 Å². The summed E-state index contributed by atoms with van der Waals surface area (Å²) in [6.07, 6.45) is -26.8. The van der Waals surface area contributed by atoms with Gasteiger partial charge in [-0.2, -0.15) is 0 Å². The van der Waals surface area contributed by atoms with Gasteiger partial charge < -0.3 is 108 Å².